The van der Waals surface area contributed by atoms with Crippen molar-refractivity contribution in [1.82, 2.24) is 10.1 Å². The van der Waals surface area contributed by atoms with Gasteiger partial charge in [-0.3, -0.25) is 0 Å². The quantitative estimate of drug-likeness (QED) is 0.789. The number of aromatic nitrogens is 2. The highest BCUT2D eigenvalue weighted by molar-refractivity contribution is 6.29. The van der Waals surface area contributed by atoms with Crippen LogP contribution >= 0.6 is 11.6 Å². The van der Waals surface area contributed by atoms with E-state index in [0.29, 0.717) is 11.7 Å². The average molecular weight is 210 g/mol. The molecule has 0 saturated carbocycles. The molecule has 2 aromatic heterocycles. The summed E-state index contributed by atoms with van der Waals surface area (Å²) in [6, 6.07) is 5.39. The van der Waals surface area contributed by atoms with Crippen LogP contribution in [0.5, 0.6) is 0 Å². The summed E-state index contributed by atoms with van der Waals surface area (Å²) in [7, 11) is 0. The topological polar surface area (TPSA) is 51.0 Å². The lowest BCUT2D eigenvalue weighted by Gasteiger charge is -2.02. The van der Waals surface area contributed by atoms with Gasteiger partial charge in [-0.15, -0.1) is 0 Å². The number of halogens is 1. The van der Waals surface area contributed by atoms with Crippen LogP contribution in [0.15, 0.2) is 35.2 Å². The van der Waals surface area contributed by atoms with Crippen molar-refractivity contribution in [1.29, 1.82) is 0 Å². The predicted octanol–water partition coefficient (Wildman–Crippen LogP) is 2.34. The van der Waals surface area contributed by atoms with Crippen molar-refractivity contribution in [2.75, 3.05) is 5.32 Å². The number of pyridine rings is 1. The minimum absolute atomic E-state index is 0.468. The first kappa shape index (κ1) is 9.02. The van der Waals surface area contributed by atoms with Crippen LogP contribution in [-0.2, 0) is 6.54 Å². The number of nitrogens with one attached hydrogen (secondary N) is 1. The Morgan fingerprint density at radius 1 is 1.43 bits per heavy atom. The van der Waals surface area contributed by atoms with Gasteiger partial charge in [0, 0.05) is 18.0 Å². The maximum Gasteiger partial charge on any atom is 0.131 e. The molecule has 0 amide bonds. The Kier molecular flexibility index (Phi) is 2.65. The third-order valence-electron chi connectivity index (χ3n) is 1.69. The molecular formula is C9H8ClN3O. The Morgan fingerprint density at radius 3 is 3.07 bits per heavy atom. The number of hydrogen-bond acceptors (Lipinski definition) is 4. The molecule has 2 heterocycles. The average Bonchev–Trinajstić information content (AvgIpc) is 2.67. The molecule has 0 unspecified atom stereocenters. The van der Waals surface area contributed by atoms with Crippen LogP contribution < -0.4 is 5.32 Å². The molecular weight excluding hydrogens is 202 g/mol. The van der Waals surface area contributed by atoms with Crippen LogP contribution in [0.1, 0.15) is 5.69 Å². The van der Waals surface area contributed by atoms with E-state index in [1.807, 2.05) is 6.07 Å². The summed E-state index contributed by atoms with van der Waals surface area (Å²) in [6.07, 6.45) is 3.18. The zero-order valence-corrected chi connectivity index (χ0v) is 8.03. The minimum Gasteiger partial charge on any atom is -0.379 e. The van der Waals surface area contributed by atoms with Gasteiger partial charge in [0.15, 0.2) is 0 Å². The van der Waals surface area contributed by atoms with Gasteiger partial charge in [0.25, 0.3) is 0 Å². The lowest BCUT2D eigenvalue weighted by molar-refractivity contribution is 0.412. The molecule has 0 spiro atoms. The third-order valence-corrected chi connectivity index (χ3v) is 1.90. The SMILES string of the molecule is Clc1cc(NCc2ccon2)ccn1. The summed E-state index contributed by atoms with van der Waals surface area (Å²) in [5.74, 6) is 0. The van der Waals surface area contributed by atoms with E-state index in [0.717, 1.165) is 11.4 Å². The highest BCUT2D eigenvalue weighted by atomic mass is 35.5. The monoisotopic (exact) mass is 209 g/mol. The zero-order valence-electron chi connectivity index (χ0n) is 7.27. The molecule has 0 atom stereocenters. The van der Waals surface area contributed by atoms with E-state index < -0.39 is 0 Å². The molecule has 0 saturated heterocycles. The predicted molar refractivity (Wildman–Crippen MR) is 53.1 cm³/mol. The fraction of sp³-hybridized carbons (Fsp3) is 0.111. The van der Waals surface area contributed by atoms with Crippen molar-refractivity contribution in [2.45, 2.75) is 6.54 Å². The summed E-state index contributed by atoms with van der Waals surface area (Å²) in [6.45, 7) is 0.608. The summed E-state index contributed by atoms with van der Waals surface area (Å²) in [5.41, 5.74) is 1.76. The summed E-state index contributed by atoms with van der Waals surface area (Å²) in [5, 5.41) is 7.38. The fourth-order valence-electron chi connectivity index (χ4n) is 1.03. The molecule has 1 N–H and O–H groups in total. The maximum absolute atomic E-state index is 5.72. The van der Waals surface area contributed by atoms with Crippen LogP contribution in [-0.4, -0.2) is 10.1 Å². The Labute approximate surface area is 85.9 Å². The van der Waals surface area contributed by atoms with Gasteiger partial charge in [0.2, 0.25) is 0 Å². The molecule has 4 nitrogen and oxygen atoms in total. The van der Waals surface area contributed by atoms with Gasteiger partial charge in [0.05, 0.1) is 6.54 Å². The first-order chi connectivity index (χ1) is 6.84. The summed E-state index contributed by atoms with van der Waals surface area (Å²) >= 11 is 5.72. The van der Waals surface area contributed by atoms with Crippen molar-refractivity contribution < 1.29 is 4.52 Å². The van der Waals surface area contributed by atoms with E-state index in [9.17, 15) is 0 Å². The van der Waals surface area contributed by atoms with Gasteiger partial charge in [-0.05, 0) is 12.1 Å². The minimum atomic E-state index is 0.468. The van der Waals surface area contributed by atoms with Crippen LogP contribution in [0.3, 0.4) is 0 Å². The molecule has 14 heavy (non-hydrogen) atoms. The Bertz CT molecular complexity index is 402. The third kappa shape index (κ3) is 2.23. The molecule has 0 aliphatic heterocycles. The van der Waals surface area contributed by atoms with E-state index in [2.05, 4.69) is 15.5 Å². The number of anilines is 1. The van der Waals surface area contributed by atoms with Crippen molar-refractivity contribution in [3.05, 3.63) is 41.5 Å². The lowest BCUT2D eigenvalue weighted by atomic mass is 10.3. The maximum atomic E-state index is 5.72. The number of rotatable bonds is 3. The van der Waals surface area contributed by atoms with Crippen LogP contribution in [0.4, 0.5) is 5.69 Å². The van der Waals surface area contributed by atoms with Crippen LogP contribution in [0.25, 0.3) is 0 Å². The lowest BCUT2D eigenvalue weighted by Crippen LogP contribution is -1.99. The fourth-order valence-corrected chi connectivity index (χ4v) is 1.21. The van der Waals surface area contributed by atoms with Gasteiger partial charge in [-0.1, -0.05) is 16.8 Å². The van der Waals surface area contributed by atoms with Crippen molar-refractivity contribution in [2.24, 2.45) is 0 Å². The van der Waals surface area contributed by atoms with Crippen molar-refractivity contribution in [3.8, 4) is 0 Å². The molecule has 0 fully saturated rings. The summed E-state index contributed by atoms with van der Waals surface area (Å²) < 4.78 is 4.70. The summed E-state index contributed by atoms with van der Waals surface area (Å²) in [4.78, 5) is 3.88. The molecule has 0 bridgehead atoms. The van der Waals surface area contributed by atoms with Crippen molar-refractivity contribution >= 4 is 17.3 Å². The van der Waals surface area contributed by atoms with Gasteiger partial charge in [-0.25, -0.2) is 4.98 Å². The van der Waals surface area contributed by atoms with E-state index in [1.165, 1.54) is 6.26 Å². The molecule has 0 radical (unpaired) electrons. The normalized spacial score (nSPS) is 10.1. The molecule has 0 aliphatic carbocycles. The van der Waals surface area contributed by atoms with Gasteiger partial charge in [0.1, 0.15) is 17.1 Å². The van der Waals surface area contributed by atoms with E-state index in [1.54, 1.807) is 18.3 Å². The first-order valence-corrected chi connectivity index (χ1v) is 4.47. The van der Waals surface area contributed by atoms with E-state index >= 15 is 0 Å². The van der Waals surface area contributed by atoms with Crippen LogP contribution in [0.2, 0.25) is 5.15 Å². The standard InChI is InChI=1S/C9H8ClN3O/c10-9-5-7(1-3-11-9)12-6-8-2-4-14-13-8/h1-5H,6H2,(H,11,12). The Balaban J connectivity index is 1.98. The van der Waals surface area contributed by atoms with Gasteiger partial charge >= 0.3 is 0 Å². The molecule has 0 aromatic carbocycles. The van der Waals surface area contributed by atoms with E-state index in [4.69, 9.17) is 16.1 Å². The highest BCUT2D eigenvalue weighted by Gasteiger charge is 1.97. The zero-order chi connectivity index (χ0) is 9.80. The van der Waals surface area contributed by atoms with E-state index in [-0.39, 0.29) is 0 Å². The first-order valence-electron chi connectivity index (χ1n) is 4.09. The molecule has 2 rings (SSSR count). The second kappa shape index (κ2) is 4.11. The van der Waals surface area contributed by atoms with Gasteiger partial charge in [-0.2, -0.15) is 0 Å². The molecule has 0 aliphatic rings. The molecule has 72 valence electrons. The van der Waals surface area contributed by atoms with Crippen molar-refractivity contribution in [3.63, 3.8) is 0 Å². The highest BCUT2D eigenvalue weighted by Crippen LogP contribution is 2.12. The second-order valence-corrected chi connectivity index (χ2v) is 3.10. The Hall–Kier alpha value is -1.55. The largest absolute Gasteiger partial charge is 0.379 e. The molecule has 2 aromatic rings. The molecule has 5 heteroatoms. The number of hydrogen-bond donors (Lipinski definition) is 1. The van der Waals surface area contributed by atoms with Crippen LogP contribution in [0, 0.1) is 0 Å². The smallest absolute Gasteiger partial charge is 0.131 e. The second-order valence-electron chi connectivity index (χ2n) is 2.71. The van der Waals surface area contributed by atoms with Gasteiger partial charge < -0.3 is 9.84 Å². The number of nitrogens with zero attached hydrogens (tertiary/aromatic N) is 2. The Morgan fingerprint density at radius 2 is 2.36 bits per heavy atom.